The summed E-state index contributed by atoms with van der Waals surface area (Å²) in [6.45, 7) is 9.34. The molecule has 0 amide bonds. The number of nitro benzene ring substituents is 1. The van der Waals surface area contributed by atoms with Gasteiger partial charge < -0.3 is 4.84 Å². The second-order valence-electron chi connectivity index (χ2n) is 9.98. The molecule has 2 aromatic rings. The number of nitrogens with zero attached hydrogens (tertiary/aromatic N) is 2. The molecule has 0 bridgehead atoms. The number of nitro groups is 1. The topological polar surface area (TPSA) is 81.8 Å². The van der Waals surface area contributed by atoms with E-state index in [-0.39, 0.29) is 10.6 Å². The van der Waals surface area contributed by atoms with Gasteiger partial charge in [0.15, 0.2) is 0 Å². The van der Waals surface area contributed by atoms with Crippen LogP contribution in [0.1, 0.15) is 81.4 Å². The van der Waals surface area contributed by atoms with Crippen molar-refractivity contribution >= 4 is 17.4 Å². The van der Waals surface area contributed by atoms with E-state index < -0.39 is 11.4 Å². The van der Waals surface area contributed by atoms with Crippen molar-refractivity contribution < 1.29 is 14.6 Å². The van der Waals surface area contributed by atoms with Gasteiger partial charge in [0.2, 0.25) is 0 Å². The quantitative estimate of drug-likeness (QED) is 0.114. The number of fused-ring (bicyclic) bond motifs is 3. The van der Waals surface area contributed by atoms with Gasteiger partial charge in [-0.3, -0.25) is 10.1 Å². The van der Waals surface area contributed by atoms with Crippen molar-refractivity contribution in [3.05, 3.63) is 88.5 Å². The van der Waals surface area contributed by atoms with Crippen LogP contribution in [0.5, 0.6) is 0 Å². The number of benzene rings is 2. The number of hydrogen-bond acceptors (Lipinski definition) is 5. The zero-order chi connectivity index (χ0) is 25.7. The van der Waals surface area contributed by atoms with Crippen LogP contribution < -0.4 is 0 Å². The zero-order valence-corrected chi connectivity index (χ0v) is 21.0. The predicted molar refractivity (Wildman–Crippen MR) is 143 cm³/mol. The van der Waals surface area contributed by atoms with Crippen LogP contribution in [0.25, 0.3) is 11.1 Å². The van der Waals surface area contributed by atoms with Crippen LogP contribution in [0, 0.1) is 16.0 Å². The molecule has 0 heterocycles. The minimum atomic E-state index is -0.508. The van der Waals surface area contributed by atoms with Gasteiger partial charge in [0, 0.05) is 24.5 Å². The first-order chi connectivity index (χ1) is 17.4. The van der Waals surface area contributed by atoms with Crippen molar-refractivity contribution in [2.24, 2.45) is 11.1 Å². The third-order valence-corrected chi connectivity index (χ3v) is 7.67. The minimum absolute atomic E-state index is 0.0730. The average Bonchev–Trinajstić information content (AvgIpc) is 3.13. The molecule has 2 aliphatic carbocycles. The van der Waals surface area contributed by atoms with Gasteiger partial charge in [0.1, 0.15) is 0 Å². The lowest BCUT2D eigenvalue weighted by molar-refractivity contribution is -0.384. The molecule has 6 heteroatoms. The van der Waals surface area contributed by atoms with Gasteiger partial charge in [-0.15, -0.1) is 13.2 Å². The highest BCUT2D eigenvalue weighted by Gasteiger charge is 2.42. The Morgan fingerprint density at radius 3 is 2.33 bits per heavy atom. The number of rotatable bonds is 10. The number of hydrogen-bond donors (Lipinski definition) is 0. The summed E-state index contributed by atoms with van der Waals surface area (Å²) in [7, 11) is 0. The molecule has 2 aliphatic rings. The molecule has 0 unspecified atom stereocenters. The first-order valence-corrected chi connectivity index (χ1v) is 12.8. The van der Waals surface area contributed by atoms with Crippen LogP contribution >= 0.6 is 0 Å². The molecule has 6 nitrogen and oxygen atoms in total. The van der Waals surface area contributed by atoms with E-state index in [2.05, 4.69) is 30.4 Å². The number of allylic oxidation sites excluding steroid dienone is 2. The Balaban J connectivity index is 1.79. The molecule has 1 fully saturated rings. The van der Waals surface area contributed by atoms with Crippen LogP contribution in [0.2, 0.25) is 0 Å². The van der Waals surface area contributed by atoms with Crippen molar-refractivity contribution in [2.45, 2.75) is 70.1 Å². The largest absolute Gasteiger partial charge is 0.331 e. The van der Waals surface area contributed by atoms with Crippen LogP contribution in [-0.2, 0) is 15.0 Å². The van der Waals surface area contributed by atoms with Crippen LogP contribution in [-0.4, -0.2) is 16.6 Å². The van der Waals surface area contributed by atoms with Gasteiger partial charge in [0.25, 0.3) is 5.69 Å². The minimum Gasteiger partial charge on any atom is -0.318 e. The van der Waals surface area contributed by atoms with Crippen molar-refractivity contribution in [2.75, 3.05) is 0 Å². The second kappa shape index (κ2) is 11.0. The van der Waals surface area contributed by atoms with E-state index in [4.69, 9.17) is 4.84 Å². The summed E-state index contributed by atoms with van der Waals surface area (Å²) < 4.78 is 0. The fourth-order valence-electron chi connectivity index (χ4n) is 5.97. The molecule has 0 aliphatic heterocycles. The molecular weight excluding hydrogens is 452 g/mol. The fraction of sp³-hybridized carbons (Fsp3) is 0.400. The van der Waals surface area contributed by atoms with Gasteiger partial charge >= 0.3 is 5.97 Å². The van der Waals surface area contributed by atoms with E-state index in [1.165, 1.54) is 39.0 Å². The number of oxime groups is 1. The summed E-state index contributed by atoms with van der Waals surface area (Å²) in [4.78, 5) is 27.9. The normalized spacial score (nSPS) is 16.6. The fourth-order valence-corrected chi connectivity index (χ4v) is 5.97. The van der Waals surface area contributed by atoms with E-state index in [9.17, 15) is 14.9 Å². The highest BCUT2D eigenvalue weighted by atomic mass is 16.7. The molecule has 0 spiro atoms. The lowest BCUT2D eigenvalue weighted by atomic mass is 9.72. The molecular formula is C30H34N2O4. The maximum Gasteiger partial charge on any atom is 0.331 e. The summed E-state index contributed by atoms with van der Waals surface area (Å²) in [5.74, 6) is 0.222. The Labute approximate surface area is 212 Å². The second-order valence-corrected chi connectivity index (χ2v) is 9.98. The first kappa shape index (κ1) is 25.5. The highest BCUT2D eigenvalue weighted by Crippen LogP contribution is 2.54. The molecule has 0 aromatic heterocycles. The van der Waals surface area contributed by atoms with Gasteiger partial charge in [-0.1, -0.05) is 61.5 Å². The lowest BCUT2D eigenvalue weighted by Crippen LogP contribution is -2.24. The Morgan fingerprint density at radius 1 is 1.08 bits per heavy atom. The molecule has 188 valence electrons. The lowest BCUT2D eigenvalue weighted by Gasteiger charge is -2.30. The molecule has 0 saturated heterocycles. The van der Waals surface area contributed by atoms with Crippen LogP contribution in [0.15, 0.2) is 66.9 Å². The highest BCUT2D eigenvalue weighted by molar-refractivity contribution is 6.02. The van der Waals surface area contributed by atoms with Crippen LogP contribution in [0.3, 0.4) is 0 Å². The molecule has 36 heavy (non-hydrogen) atoms. The first-order valence-electron chi connectivity index (χ1n) is 12.8. The van der Waals surface area contributed by atoms with Crippen molar-refractivity contribution in [3.63, 3.8) is 0 Å². The Morgan fingerprint density at radius 2 is 1.72 bits per heavy atom. The van der Waals surface area contributed by atoms with E-state index in [1.54, 1.807) is 12.1 Å². The van der Waals surface area contributed by atoms with E-state index in [0.717, 1.165) is 46.4 Å². The molecule has 0 N–H and O–H groups in total. The van der Waals surface area contributed by atoms with Gasteiger partial charge in [-0.05, 0) is 71.6 Å². The van der Waals surface area contributed by atoms with Crippen molar-refractivity contribution in [3.8, 4) is 11.1 Å². The molecule has 2 aromatic carbocycles. The molecule has 0 radical (unpaired) electrons. The summed E-state index contributed by atoms with van der Waals surface area (Å²) in [6, 6.07) is 11.3. The maximum absolute atomic E-state index is 11.6. The average molecular weight is 487 g/mol. The summed E-state index contributed by atoms with van der Waals surface area (Å²) >= 11 is 0. The molecule has 0 atom stereocenters. The van der Waals surface area contributed by atoms with E-state index in [0.29, 0.717) is 18.8 Å². The molecule has 4 rings (SSSR count). The SMILES string of the molecule is C=CCC1(CC=C)c2cc(/C(CCC3CCCCC3)=N\OC(C)=O)ccc2-c2ccc([N+](=O)[O-])cc21. The predicted octanol–water partition coefficient (Wildman–Crippen LogP) is 7.64. The third kappa shape index (κ3) is 5.03. The summed E-state index contributed by atoms with van der Waals surface area (Å²) in [6.07, 6.45) is 13.0. The maximum atomic E-state index is 11.6. The van der Waals surface area contributed by atoms with Gasteiger partial charge in [0.05, 0.1) is 10.6 Å². The number of carbonyl (C=O) groups is 1. The van der Waals surface area contributed by atoms with Gasteiger partial charge in [-0.2, -0.15) is 0 Å². The molecule has 1 saturated carbocycles. The van der Waals surface area contributed by atoms with Crippen molar-refractivity contribution in [1.29, 1.82) is 0 Å². The smallest absolute Gasteiger partial charge is 0.318 e. The standard InChI is InChI=1S/C30H34N2O4/c1-4-17-30(18-5-2)27-19-23(12-14-25(27)26-15-13-24(32(34)35)20-28(26)30)29(31-36-21(3)33)16-11-22-9-7-6-8-10-22/h4-5,12-15,19-20,22H,1-2,6-11,16-18H2,3H3/b31-29-. The number of carbonyl (C=O) groups excluding carboxylic acids is 1. The third-order valence-electron chi connectivity index (χ3n) is 7.67. The zero-order valence-electron chi connectivity index (χ0n) is 21.0. The van der Waals surface area contributed by atoms with E-state index in [1.807, 2.05) is 24.3 Å². The summed E-state index contributed by atoms with van der Waals surface area (Å²) in [5.41, 5.74) is 5.26. The Kier molecular flexibility index (Phi) is 7.82. The monoisotopic (exact) mass is 486 g/mol. The van der Waals surface area contributed by atoms with Gasteiger partial charge in [-0.25, -0.2) is 4.79 Å². The Bertz CT molecular complexity index is 1200. The number of non-ortho nitro benzene ring substituents is 1. The Hall–Kier alpha value is -3.54. The van der Waals surface area contributed by atoms with Crippen LogP contribution in [0.4, 0.5) is 5.69 Å². The van der Waals surface area contributed by atoms with Crippen molar-refractivity contribution in [1.82, 2.24) is 0 Å². The van der Waals surface area contributed by atoms with E-state index >= 15 is 0 Å². The summed E-state index contributed by atoms with van der Waals surface area (Å²) in [5, 5.41) is 15.8.